The van der Waals surface area contributed by atoms with Crippen LogP contribution in [0.2, 0.25) is 0 Å². The maximum atomic E-state index is 12.8. The number of benzene rings is 1. The highest BCUT2D eigenvalue weighted by Crippen LogP contribution is 2.24. The van der Waals surface area contributed by atoms with Gasteiger partial charge in [-0.2, -0.15) is 0 Å². The molecule has 0 bridgehead atoms. The van der Waals surface area contributed by atoms with Crippen molar-refractivity contribution in [3.63, 3.8) is 0 Å². The zero-order valence-corrected chi connectivity index (χ0v) is 14.9. The normalized spacial score (nSPS) is 18.4. The first-order chi connectivity index (χ1) is 12.0. The number of nitrogens with one attached hydrogen (secondary N) is 1. The van der Waals surface area contributed by atoms with Crippen LogP contribution in [0.1, 0.15) is 24.1 Å². The summed E-state index contributed by atoms with van der Waals surface area (Å²) in [5, 5.41) is 1.20. The van der Waals surface area contributed by atoms with Crippen molar-refractivity contribution in [1.29, 1.82) is 0 Å². The summed E-state index contributed by atoms with van der Waals surface area (Å²) >= 11 is 0. The number of nitrogens with two attached hydrogens (primary N) is 1. The number of rotatable bonds is 5. The molecule has 1 atom stereocenters. The number of piperidine rings is 1. The Hall–Kier alpha value is -2.34. The first-order valence-electron chi connectivity index (χ1n) is 8.77. The summed E-state index contributed by atoms with van der Waals surface area (Å²) in [6.45, 7) is 4.32. The maximum Gasteiger partial charge on any atom is 0.231 e. The van der Waals surface area contributed by atoms with Gasteiger partial charge in [0.2, 0.25) is 11.8 Å². The zero-order chi connectivity index (χ0) is 18.0. The van der Waals surface area contributed by atoms with Crippen molar-refractivity contribution in [3.8, 4) is 0 Å². The number of carbonyl (C=O) groups is 2. The van der Waals surface area contributed by atoms with Gasteiger partial charge in [0, 0.05) is 30.2 Å². The molecule has 0 aliphatic carbocycles. The van der Waals surface area contributed by atoms with E-state index in [-0.39, 0.29) is 24.3 Å². The quantitative estimate of drug-likeness (QED) is 0.866. The summed E-state index contributed by atoms with van der Waals surface area (Å²) in [6.07, 6.45) is 1.78. The van der Waals surface area contributed by atoms with Gasteiger partial charge in [0.05, 0.1) is 19.0 Å². The molecule has 1 fully saturated rings. The first-order valence-corrected chi connectivity index (χ1v) is 8.77. The molecule has 1 unspecified atom stereocenters. The summed E-state index contributed by atoms with van der Waals surface area (Å²) in [6, 6.07) is 8.18. The molecule has 25 heavy (non-hydrogen) atoms. The highest BCUT2D eigenvalue weighted by Gasteiger charge is 2.28. The lowest BCUT2D eigenvalue weighted by atomic mass is 9.96. The number of hydrogen-bond donors (Lipinski definition) is 2. The number of fused-ring (bicyclic) bond motifs is 1. The number of amides is 2. The second kappa shape index (κ2) is 7.27. The molecule has 2 heterocycles. The summed E-state index contributed by atoms with van der Waals surface area (Å²) < 4.78 is 0. The SMILES string of the molecule is Cc1c(CN(C)C(=O)C2CCCN(CC(N)=O)C2)[nH]c2ccccc12. The van der Waals surface area contributed by atoms with Crippen LogP contribution in [0.4, 0.5) is 0 Å². The van der Waals surface area contributed by atoms with E-state index in [2.05, 4.69) is 24.0 Å². The Balaban J connectivity index is 1.67. The molecule has 1 aromatic carbocycles. The number of H-pyrrole nitrogens is 1. The minimum Gasteiger partial charge on any atom is -0.369 e. The second-order valence-corrected chi connectivity index (χ2v) is 7.01. The number of carbonyl (C=O) groups excluding carboxylic acids is 2. The maximum absolute atomic E-state index is 12.8. The van der Waals surface area contributed by atoms with Gasteiger partial charge >= 0.3 is 0 Å². The fraction of sp³-hybridized carbons (Fsp3) is 0.474. The molecule has 134 valence electrons. The van der Waals surface area contributed by atoms with Crippen molar-refractivity contribution in [1.82, 2.24) is 14.8 Å². The molecule has 0 radical (unpaired) electrons. The molecule has 3 rings (SSSR count). The van der Waals surface area contributed by atoms with Crippen LogP contribution in [-0.2, 0) is 16.1 Å². The molecule has 6 heteroatoms. The number of likely N-dealkylation sites (tertiary alicyclic amines) is 1. The van der Waals surface area contributed by atoms with E-state index in [0.29, 0.717) is 13.1 Å². The van der Waals surface area contributed by atoms with Gasteiger partial charge in [-0.1, -0.05) is 18.2 Å². The number of hydrogen-bond acceptors (Lipinski definition) is 3. The van der Waals surface area contributed by atoms with Crippen molar-refractivity contribution in [2.24, 2.45) is 11.7 Å². The van der Waals surface area contributed by atoms with Gasteiger partial charge < -0.3 is 15.6 Å². The van der Waals surface area contributed by atoms with Gasteiger partial charge in [0.1, 0.15) is 0 Å². The fourth-order valence-electron chi connectivity index (χ4n) is 3.74. The van der Waals surface area contributed by atoms with E-state index >= 15 is 0 Å². The van der Waals surface area contributed by atoms with Crippen molar-refractivity contribution in [3.05, 3.63) is 35.5 Å². The minimum absolute atomic E-state index is 0.0669. The van der Waals surface area contributed by atoms with Gasteiger partial charge in [-0.05, 0) is 37.9 Å². The number of aromatic amines is 1. The van der Waals surface area contributed by atoms with E-state index < -0.39 is 0 Å². The average Bonchev–Trinajstić information content (AvgIpc) is 2.90. The van der Waals surface area contributed by atoms with Crippen molar-refractivity contribution < 1.29 is 9.59 Å². The number of aromatic nitrogens is 1. The van der Waals surface area contributed by atoms with Crippen LogP contribution in [0.25, 0.3) is 10.9 Å². The topological polar surface area (TPSA) is 82.4 Å². The lowest BCUT2D eigenvalue weighted by Gasteiger charge is -2.33. The smallest absolute Gasteiger partial charge is 0.231 e. The van der Waals surface area contributed by atoms with Gasteiger partial charge in [-0.3, -0.25) is 14.5 Å². The minimum atomic E-state index is -0.338. The Bertz CT molecular complexity index is 783. The molecule has 0 spiro atoms. The van der Waals surface area contributed by atoms with Crippen molar-refractivity contribution in [2.75, 3.05) is 26.7 Å². The zero-order valence-electron chi connectivity index (χ0n) is 14.9. The van der Waals surface area contributed by atoms with Gasteiger partial charge in [0.25, 0.3) is 0 Å². The summed E-state index contributed by atoms with van der Waals surface area (Å²) in [7, 11) is 1.85. The Morgan fingerprint density at radius 1 is 1.36 bits per heavy atom. The van der Waals surface area contributed by atoms with E-state index in [1.165, 1.54) is 10.9 Å². The highest BCUT2D eigenvalue weighted by atomic mass is 16.2. The predicted octanol–water partition coefficient (Wildman–Crippen LogP) is 1.63. The van der Waals surface area contributed by atoms with Gasteiger partial charge in [0.15, 0.2) is 0 Å². The number of nitrogens with zero attached hydrogens (tertiary/aromatic N) is 2. The molecular weight excluding hydrogens is 316 g/mol. The van der Waals surface area contributed by atoms with Crippen LogP contribution in [-0.4, -0.2) is 53.3 Å². The summed E-state index contributed by atoms with van der Waals surface area (Å²) in [5.41, 5.74) is 8.64. The van der Waals surface area contributed by atoms with Crippen LogP contribution < -0.4 is 5.73 Å². The molecule has 1 aliphatic heterocycles. The van der Waals surface area contributed by atoms with E-state index in [9.17, 15) is 9.59 Å². The number of primary amides is 1. The lowest BCUT2D eigenvalue weighted by molar-refractivity contribution is -0.137. The van der Waals surface area contributed by atoms with E-state index in [1.54, 1.807) is 4.90 Å². The molecule has 1 aromatic heterocycles. The lowest BCUT2D eigenvalue weighted by Crippen LogP contribution is -2.46. The standard InChI is InChI=1S/C19H26N4O2/c1-13-15-7-3-4-8-16(15)21-17(13)11-22(2)19(25)14-6-5-9-23(10-14)12-18(20)24/h3-4,7-8,14,21H,5-6,9-12H2,1-2H3,(H2,20,24). The molecule has 1 saturated heterocycles. The summed E-state index contributed by atoms with van der Waals surface area (Å²) in [5.74, 6) is -0.273. The third-order valence-electron chi connectivity index (χ3n) is 5.07. The van der Waals surface area contributed by atoms with E-state index in [0.717, 1.165) is 30.6 Å². The first kappa shape index (κ1) is 17.5. The van der Waals surface area contributed by atoms with Gasteiger partial charge in [-0.15, -0.1) is 0 Å². The van der Waals surface area contributed by atoms with Crippen LogP contribution in [0.3, 0.4) is 0 Å². The molecule has 6 nitrogen and oxygen atoms in total. The second-order valence-electron chi connectivity index (χ2n) is 7.01. The summed E-state index contributed by atoms with van der Waals surface area (Å²) in [4.78, 5) is 31.1. The monoisotopic (exact) mass is 342 g/mol. The van der Waals surface area contributed by atoms with Gasteiger partial charge in [-0.25, -0.2) is 0 Å². The average molecular weight is 342 g/mol. The molecule has 1 aliphatic rings. The fourth-order valence-corrected chi connectivity index (χ4v) is 3.74. The Morgan fingerprint density at radius 3 is 2.84 bits per heavy atom. The highest BCUT2D eigenvalue weighted by molar-refractivity contribution is 5.85. The molecule has 0 saturated carbocycles. The largest absolute Gasteiger partial charge is 0.369 e. The Morgan fingerprint density at radius 2 is 2.12 bits per heavy atom. The van der Waals surface area contributed by atoms with Crippen LogP contribution in [0, 0.1) is 12.8 Å². The van der Waals surface area contributed by atoms with Crippen molar-refractivity contribution in [2.45, 2.75) is 26.3 Å². The number of para-hydroxylation sites is 1. The molecular formula is C19H26N4O2. The molecule has 3 N–H and O–H groups in total. The van der Waals surface area contributed by atoms with Crippen LogP contribution in [0.15, 0.2) is 24.3 Å². The van der Waals surface area contributed by atoms with E-state index in [4.69, 9.17) is 5.73 Å². The van der Waals surface area contributed by atoms with E-state index in [1.807, 2.05) is 24.1 Å². The van der Waals surface area contributed by atoms with Crippen LogP contribution in [0.5, 0.6) is 0 Å². The van der Waals surface area contributed by atoms with Crippen molar-refractivity contribution >= 4 is 22.7 Å². The predicted molar refractivity (Wildman–Crippen MR) is 97.9 cm³/mol. The molecule has 2 amide bonds. The Kier molecular flexibility index (Phi) is 5.08. The third kappa shape index (κ3) is 3.85. The Labute approximate surface area is 148 Å². The number of aryl methyl sites for hydroxylation is 1. The molecule has 2 aromatic rings. The van der Waals surface area contributed by atoms with Crippen LogP contribution >= 0.6 is 0 Å². The third-order valence-corrected chi connectivity index (χ3v) is 5.07.